The third kappa shape index (κ3) is 4.96. The fourth-order valence-corrected chi connectivity index (χ4v) is 7.58. The zero-order valence-corrected chi connectivity index (χ0v) is 27.6. The smallest absolute Gasteiger partial charge is 0.160 e. The lowest BCUT2D eigenvalue weighted by atomic mass is 9.82. The van der Waals surface area contributed by atoms with Gasteiger partial charge in [0.1, 0.15) is 0 Å². The zero-order valence-electron chi connectivity index (χ0n) is 27.6. The monoisotopic (exact) mass is 626 g/mol. The van der Waals surface area contributed by atoms with Gasteiger partial charge < -0.3 is 0 Å². The van der Waals surface area contributed by atoms with Gasteiger partial charge in [0.25, 0.3) is 0 Å². The SMILES string of the molecule is CC1(C)c2ccccc2-c2cc(-c3ccc(-c4cc(-c5ccccc5)nc(-c5ccc(-c6ccccc6)cc5)n4)c4ccccc34)ccc21. The highest BCUT2D eigenvalue weighted by Crippen LogP contribution is 2.50. The summed E-state index contributed by atoms with van der Waals surface area (Å²) in [5.41, 5.74) is 15.2. The first-order valence-electron chi connectivity index (χ1n) is 16.9. The van der Waals surface area contributed by atoms with Crippen molar-refractivity contribution in [2.45, 2.75) is 19.3 Å². The van der Waals surface area contributed by atoms with E-state index in [1.807, 2.05) is 12.1 Å². The average molecular weight is 627 g/mol. The molecule has 1 heterocycles. The second-order valence-corrected chi connectivity index (χ2v) is 13.4. The van der Waals surface area contributed by atoms with E-state index in [1.165, 1.54) is 55.3 Å². The normalized spacial score (nSPS) is 12.9. The molecule has 0 fully saturated rings. The molecule has 2 nitrogen and oxygen atoms in total. The van der Waals surface area contributed by atoms with Crippen molar-refractivity contribution < 1.29 is 0 Å². The first kappa shape index (κ1) is 29.1. The van der Waals surface area contributed by atoms with Gasteiger partial charge in [-0.2, -0.15) is 0 Å². The third-order valence-corrected chi connectivity index (χ3v) is 10.1. The maximum Gasteiger partial charge on any atom is 0.160 e. The van der Waals surface area contributed by atoms with Gasteiger partial charge in [-0.25, -0.2) is 9.97 Å². The predicted molar refractivity (Wildman–Crippen MR) is 204 cm³/mol. The van der Waals surface area contributed by atoms with Crippen LogP contribution in [0.3, 0.4) is 0 Å². The van der Waals surface area contributed by atoms with Crippen LogP contribution in [0.25, 0.3) is 78.1 Å². The van der Waals surface area contributed by atoms with Crippen molar-refractivity contribution in [3.63, 3.8) is 0 Å². The molecule has 0 saturated carbocycles. The Hall–Kier alpha value is -6.12. The third-order valence-electron chi connectivity index (χ3n) is 10.1. The van der Waals surface area contributed by atoms with E-state index in [-0.39, 0.29) is 5.41 Å². The first-order chi connectivity index (χ1) is 24.0. The largest absolute Gasteiger partial charge is 0.228 e. The summed E-state index contributed by atoms with van der Waals surface area (Å²) < 4.78 is 0. The molecule has 9 rings (SSSR count). The molecule has 0 spiro atoms. The van der Waals surface area contributed by atoms with Crippen molar-refractivity contribution in [3.8, 4) is 67.3 Å². The van der Waals surface area contributed by atoms with Crippen molar-refractivity contribution in [2.75, 3.05) is 0 Å². The van der Waals surface area contributed by atoms with E-state index in [0.29, 0.717) is 5.82 Å². The van der Waals surface area contributed by atoms with E-state index in [9.17, 15) is 0 Å². The average Bonchev–Trinajstić information content (AvgIpc) is 3.40. The number of benzene rings is 7. The Balaban J connectivity index is 1.18. The lowest BCUT2D eigenvalue weighted by Gasteiger charge is -2.21. The Morgan fingerprint density at radius 1 is 0.347 bits per heavy atom. The van der Waals surface area contributed by atoms with Gasteiger partial charge in [-0.1, -0.05) is 172 Å². The van der Waals surface area contributed by atoms with E-state index in [1.54, 1.807) is 0 Å². The van der Waals surface area contributed by atoms with Crippen LogP contribution in [0, 0.1) is 0 Å². The van der Waals surface area contributed by atoms with Crippen molar-refractivity contribution in [2.24, 2.45) is 0 Å². The topological polar surface area (TPSA) is 25.8 Å². The highest BCUT2D eigenvalue weighted by molar-refractivity contribution is 6.05. The summed E-state index contributed by atoms with van der Waals surface area (Å²) in [6.07, 6.45) is 0. The van der Waals surface area contributed by atoms with Crippen LogP contribution in [0.1, 0.15) is 25.0 Å². The Morgan fingerprint density at radius 3 is 1.63 bits per heavy atom. The van der Waals surface area contributed by atoms with Gasteiger partial charge in [-0.3, -0.25) is 0 Å². The summed E-state index contributed by atoms with van der Waals surface area (Å²) in [4.78, 5) is 10.3. The fourth-order valence-electron chi connectivity index (χ4n) is 7.58. The molecule has 1 aromatic heterocycles. The molecule has 0 unspecified atom stereocenters. The van der Waals surface area contributed by atoms with Crippen molar-refractivity contribution in [3.05, 3.63) is 181 Å². The standard InChI is InChI=1S/C47H34N2/c1-47(2)42-20-12-11-19-39(42)41-29-35(25-28-43(41)47)36-26-27-40(38-18-10-9-17-37(36)38)45-30-44(33-15-7-4-8-16-33)48-46(49-45)34-23-21-32(22-24-34)31-13-5-3-6-14-31/h3-30H,1-2H3. The lowest BCUT2D eigenvalue weighted by molar-refractivity contribution is 0.660. The molecule has 1 aliphatic carbocycles. The molecular formula is C47H34N2. The van der Waals surface area contributed by atoms with Gasteiger partial charge in [0.2, 0.25) is 0 Å². The summed E-state index contributed by atoms with van der Waals surface area (Å²) in [6.45, 7) is 4.66. The van der Waals surface area contributed by atoms with Crippen LogP contribution in [0.2, 0.25) is 0 Å². The molecule has 49 heavy (non-hydrogen) atoms. The van der Waals surface area contributed by atoms with E-state index < -0.39 is 0 Å². The molecule has 2 heteroatoms. The second kappa shape index (κ2) is 11.5. The van der Waals surface area contributed by atoms with Crippen LogP contribution in [0.5, 0.6) is 0 Å². The summed E-state index contributed by atoms with van der Waals surface area (Å²) in [7, 11) is 0. The number of hydrogen-bond acceptors (Lipinski definition) is 2. The Labute approximate surface area is 287 Å². The zero-order chi connectivity index (χ0) is 33.0. The summed E-state index contributed by atoms with van der Waals surface area (Å²) >= 11 is 0. The summed E-state index contributed by atoms with van der Waals surface area (Å²) in [5.74, 6) is 0.712. The van der Waals surface area contributed by atoms with E-state index in [2.05, 4.69) is 172 Å². The lowest BCUT2D eigenvalue weighted by Crippen LogP contribution is -2.14. The molecule has 232 valence electrons. The van der Waals surface area contributed by atoms with Crippen LogP contribution >= 0.6 is 0 Å². The Bertz CT molecular complexity index is 2490. The van der Waals surface area contributed by atoms with Crippen LogP contribution in [0.15, 0.2) is 170 Å². The number of nitrogens with zero attached hydrogens (tertiary/aromatic N) is 2. The maximum absolute atomic E-state index is 5.23. The molecule has 0 bridgehead atoms. The molecule has 0 amide bonds. The highest BCUT2D eigenvalue weighted by atomic mass is 14.9. The molecule has 0 atom stereocenters. The van der Waals surface area contributed by atoms with Crippen LogP contribution in [-0.2, 0) is 5.41 Å². The Kier molecular flexibility index (Phi) is 6.84. The van der Waals surface area contributed by atoms with Crippen LogP contribution in [0.4, 0.5) is 0 Å². The number of rotatable bonds is 5. The van der Waals surface area contributed by atoms with Gasteiger partial charge in [0.05, 0.1) is 11.4 Å². The number of hydrogen-bond donors (Lipinski definition) is 0. The minimum Gasteiger partial charge on any atom is -0.228 e. The molecule has 0 N–H and O–H groups in total. The van der Waals surface area contributed by atoms with Crippen molar-refractivity contribution in [1.29, 1.82) is 0 Å². The highest BCUT2D eigenvalue weighted by Gasteiger charge is 2.35. The number of aromatic nitrogens is 2. The first-order valence-corrected chi connectivity index (χ1v) is 16.9. The second-order valence-electron chi connectivity index (χ2n) is 13.4. The van der Waals surface area contributed by atoms with Gasteiger partial charge >= 0.3 is 0 Å². The van der Waals surface area contributed by atoms with E-state index >= 15 is 0 Å². The summed E-state index contributed by atoms with van der Waals surface area (Å²) in [5, 5.41) is 2.38. The van der Waals surface area contributed by atoms with Gasteiger partial charge in [-0.05, 0) is 67.4 Å². The van der Waals surface area contributed by atoms with Gasteiger partial charge in [0, 0.05) is 22.1 Å². The molecule has 0 saturated heterocycles. The van der Waals surface area contributed by atoms with Crippen LogP contribution < -0.4 is 0 Å². The summed E-state index contributed by atoms with van der Waals surface area (Å²) in [6, 6.07) is 60.6. The molecule has 7 aromatic carbocycles. The van der Waals surface area contributed by atoms with E-state index in [0.717, 1.165) is 28.1 Å². The quantitative estimate of drug-likeness (QED) is 0.190. The molecule has 8 aromatic rings. The maximum atomic E-state index is 5.23. The van der Waals surface area contributed by atoms with Crippen LogP contribution in [-0.4, -0.2) is 9.97 Å². The Morgan fingerprint density at radius 2 is 0.878 bits per heavy atom. The van der Waals surface area contributed by atoms with Crippen molar-refractivity contribution >= 4 is 10.8 Å². The van der Waals surface area contributed by atoms with Crippen molar-refractivity contribution in [1.82, 2.24) is 9.97 Å². The van der Waals surface area contributed by atoms with Gasteiger partial charge in [-0.15, -0.1) is 0 Å². The molecule has 0 aliphatic heterocycles. The van der Waals surface area contributed by atoms with Gasteiger partial charge in [0.15, 0.2) is 5.82 Å². The molecular weight excluding hydrogens is 593 g/mol. The number of fused-ring (bicyclic) bond motifs is 4. The van der Waals surface area contributed by atoms with E-state index in [4.69, 9.17) is 9.97 Å². The predicted octanol–water partition coefficient (Wildman–Crippen LogP) is 12.3. The minimum atomic E-state index is -0.0145. The molecule has 1 aliphatic rings. The fraction of sp³-hybridized carbons (Fsp3) is 0.0638. The molecule has 0 radical (unpaired) electrons. The minimum absolute atomic E-state index is 0.0145.